The zero-order valence-electron chi connectivity index (χ0n) is 23.6. The molecule has 1 N–H and O–H groups in total. The van der Waals surface area contributed by atoms with Crippen LogP contribution in [0.2, 0.25) is 0 Å². The van der Waals surface area contributed by atoms with Gasteiger partial charge in [-0.3, -0.25) is 9.59 Å². The maximum atomic E-state index is 14.2. The third-order valence-electron chi connectivity index (χ3n) is 8.68. The first-order valence-electron chi connectivity index (χ1n) is 14.8. The first-order chi connectivity index (χ1) is 18.9. The van der Waals surface area contributed by atoms with E-state index in [0.29, 0.717) is 36.0 Å². The summed E-state index contributed by atoms with van der Waals surface area (Å²) in [5.41, 5.74) is 1.13. The summed E-state index contributed by atoms with van der Waals surface area (Å²) in [6.07, 6.45) is 15.7. The number of imidazole rings is 1. The van der Waals surface area contributed by atoms with E-state index in [-0.39, 0.29) is 36.3 Å². The predicted molar refractivity (Wildman–Crippen MR) is 147 cm³/mol. The average molecular weight is 546 g/mol. The van der Waals surface area contributed by atoms with Crippen LogP contribution in [-0.2, 0) is 25.6 Å². The monoisotopic (exact) mass is 545 g/mol. The topological polar surface area (TPSA) is 108 Å². The summed E-state index contributed by atoms with van der Waals surface area (Å²) in [5, 5.41) is 2.70. The van der Waals surface area contributed by atoms with Crippen LogP contribution in [0.3, 0.4) is 0 Å². The van der Waals surface area contributed by atoms with E-state index in [0.717, 1.165) is 57.8 Å². The molecular formula is C29H44FN5O4. The van der Waals surface area contributed by atoms with Crippen molar-refractivity contribution in [1.29, 1.82) is 0 Å². The Hall–Kier alpha value is -2.62. The largest absolute Gasteiger partial charge is 0.463 e. The maximum Gasteiger partial charge on any atom is 0.312 e. The van der Waals surface area contributed by atoms with Gasteiger partial charge in [-0.05, 0) is 56.8 Å². The summed E-state index contributed by atoms with van der Waals surface area (Å²) >= 11 is 0. The molecule has 4 rings (SSSR count). The van der Waals surface area contributed by atoms with E-state index in [4.69, 9.17) is 9.47 Å². The van der Waals surface area contributed by atoms with Crippen LogP contribution in [-0.4, -0.2) is 51.2 Å². The number of halogens is 1. The Morgan fingerprint density at radius 3 is 2.59 bits per heavy atom. The summed E-state index contributed by atoms with van der Waals surface area (Å²) in [4.78, 5) is 37.1. The molecule has 2 heterocycles. The van der Waals surface area contributed by atoms with E-state index in [1.54, 1.807) is 18.0 Å². The van der Waals surface area contributed by atoms with E-state index >= 15 is 0 Å². The fraction of sp³-hybridized carbons (Fsp3) is 0.759. The molecule has 1 atom stereocenters. The van der Waals surface area contributed by atoms with Crippen molar-refractivity contribution < 1.29 is 23.5 Å². The SMILES string of the molecule is CCCCCCCC(=O)Nc1nc(F)nc2c1ncn2CCC(COC(=O)C1CCC2(CCCC2)CC1)OC. The number of fused-ring (bicyclic) bond motifs is 1. The Kier molecular flexibility index (Phi) is 10.6. The average Bonchev–Trinajstić information content (AvgIpc) is 3.56. The third-order valence-corrected chi connectivity index (χ3v) is 8.68. The maximum absolute atomic E-state index is 14.2. The molecule has 0 bridgehead atoms. The Balaban J connectivity index is 1.26. The number of aromatic nitrogens is 4. The lowest BCUT2D eigenvalue weighted by Gasteiger charge is -2.36. The molecule has 1 unspecified atom stereocenters. The number of carbonyl (C=O) groups is 2. The molecule has 216 valence electrons. The second kappa shape index (κ2) is 14.1. The molecule has 9 nitrogen and oxygen atoms in total. The number of amides is 1. The first-order valence-corrected chi connectivity index (χ1v) is 14.8. The number of aryl methyl sites for hydroxylation is 1. The van der Waals surface area contributed by atoms with E-state index in [9.17, 15) is 14.0 Å². The van der Waals surface area contributed by atoms with Gasteiger partial charge in [0, 0.05) is 20.1 Å². The molecule has 0 saturated heterocycles. The fourth-order valence-corrected chi connectivity index (χ4v) is 6.19. The highest BCUT2D eigenvalue weighted by molar-refractivity contribution is 5.96. The number of unbranched alkanes of at least 4 members (excludes halogenated alkanes) is 4. The van der Waals surface area contributed by atoms with Crippen LogP contribution in [0.4, 0.5) is 10.2 Å². The van der Waals surface area contributed by atoms with Gasteiger partial charge in [-0.2, -0.15) is 14.4 Å². The highest BCUT2D eigenvalue weighted by atomic mass is 19.1. The van der Waals surface area contributed by atoms with Gasteiger partial charge >= 0.3 is 12.0 Å². The predicted octanol–water partition coefficient (Wildman–Crippen LogP) is 5.96. The molecule has 0 aliphatic heterocycles. The highest BCUT2D eigenvalue weighted by Crippen LogP contribution is 2.50. The first kappa shape index (κ1) is 29.4. The minimum atomic E-state index is -0.924. The zero-order valence-corrected chi connectivity index (χ0v) is 23.6. The van der Waals surface area contributed by atoms with Gasteiger partial charge < -0.3 is 19.4 Å². The minimum Gasteiger partial charge on any atom is -0.463 e. The molecule has 2 aromatic rings. The fourth-order valence-electron chi connectivity index (χ4n) is 6.19. The standard InChI is InChI=1S/C29H44FN5O4/c1-3-4-5-6-7-10-23(36)32-25-24-26(34-28(30)33-25)35(20-31-24)18-13-22(38-2)19-39-27(37)21-11-16-29(17-12-21)14-8-9-15-29/h20-22H,3-19H2,1-2H3,(H,32,33,34,36). The smallest absolute Gasteiger partial charge is 0.312 e. The van der Waals surface area contributed by atoms with Crippen molar-refractivity contribution in [1.82, 2.24) is 19.5 Å². The van der Waals surface area contributed by atoms with Gasteiger partial charge in [0.05, 0.1) is 18.3 Å². The number of ether oxygens (including phenoxy) is 2. The summed E-state index contributed by atoms with van der Waals surface area (Å²) in [5.74, 6) is -0.272. The van der Waals surface area contributed by atoms with Gasteiger partial charge in [-0.1, -0.05) is 45.4 Å². The number of hydrogen-bond acceptors (Lipinski definition) is 7. The van der Waals surface area contributed by atoms with E-state index in [1.165, 1.54) is 25.7 Å². The van der Waals surface area contributed by atoms with Crippen LogP contribution in [0.1, 0.15) is 103 Å². The lowest BCUT2D eigenvalue weighted by Crippen LogP contribution is -2.31. The zero-order chi connectivity index (χ0) is 27.7. The third kappa shape index (κ3) is 7.96. The van der Waals surface area contributed by atoms with Gasteiger partial charge in [0.1, 0.15) is 6.61 Å². The highest BCUT2D eigenvalue weighted by Gasteiger charge is 2.39. The number of nitrogens with zero attached hydrogens (tertiary/aromatic N) is 4. The number of anilines is 1. The number of esters is 1. The molecule has 2 aliphatic carbocycles. The molecule has 2 aliphatic rings. The van der Waals surface area contributed by atoms with Crippen LogP contribution in [0.25, 0.3) is 11.2 Å². The molecular weight excluding hydrogens is 501 g/mol. The quantitative estimate of drug-likeness (QED) is 0.177. The van der Waals surface area contributed by atoms with Crippen molar-refractivity contribution in [2.45, 2.75) is 116 Å². The van der Waals surface area contributed by atoms with Crippen LogP contribution in [0, 0.1) is 17.4 Å². The van der Waals surface area contributed by atoms with Gasteiger partial charge in [0.2, 0.25) is 5.91 Å². The summed E-state index contributed by atoms with van der Waals surface area (Å²) < 4.78 is 27.2. The summed E-state index contributed by atoms with van der Waals surface area (Å²) in [6, 6.07) is 0. The molecule has 0 aromatic carbocycles. The van der Waals surface area contributed by atoms with Crippen molar-refractivity contribution >= 4 is 28.9 Å². The van der Waals surface area contributed by atoms with E-state index < -0.39 is 6.08 Å². The van der Waals surface area contributed by atoms with Crippen molar-refractivity contribution in [2.75, 3.05) is 19.0 Å². The number of hydrogen-bond donors (Lipinski definition) is 1. The van der Waals surface area contributed by atoms with E-state index in [2.05, 4.69) is 27.2 Å². The molecule has 1 amide bonds. The Labute approximate surface area is 230 Å². The Bertz CT molecular complexity index is 1090. The minimum absolute atomic E-state index is 0.0176. The number of methoxy groups -OCH3 is 1. The molecule has 1 spiro atoms. The van der Waals surface area contributed by atoms with Crippen LogP contribution >= 0.6 is 0 Å². The Morgan fingerprint density at radius 1 is 1.13 bits per heavy atom. The summed E-state index contributed by atoms with van der Waals surface area (Å²) in [6.45, 7) is 2.75. The molecule has 2 saturated carbocycles. The number of carbonyl (C=O) groups excluding carboxylic acids is 2. The van der Waals surface area contributed by atoms with Crippen molar-refractivity contribution in [2.24, 2.45) is 11.3 Å². The molecule has 39 heavy (non-hydrogen) atoms. The van der Waals surface area contributed by atoms with Gasteiger partial charge in [0.15, 0.2) is 17.0 Å². The lowest BCUT2D eigenvalue weighted by atomic mass is 9.69. The van der Waals surface area contributed by atoms with Crippen molar-refractivity contribution in [3.8, 4) is 0 Å². The van der Waals surface area contributed by atoms with Gasteiger partial charge in [-0.15, -0.1) is 0 Å². The van der Waals surface area contributed by atoms with Crippen molar-refractivity contribution in [3.63, 3.8) is 0 Å². The second-order valence-corrected chi connectivity index (χ2v) is 11.4. The van der Waals surface area contributed by atoms with E-state index in [1.807, 2.05) is 0 Å². The van der Waals surface area contributed by atoms with Crippen molar-refractivity contribution in [3.05, 3.63) is 12.4 Å². The summed E-state index contributed by atoms with van der Waals surface area (Å²) in [7, 11) is 1.59. The lowest BCUT2D eigenvalue weighted by molar-refractivity contribution is -0.154. The van der Waals surface area contributed by atoms with Crippen LogP contribution < -0.4 is 5.32 Å². The Morgan fingerprint density at radius 2 is 1.87 bits per heavy atom. The van der Waals surface area contributed by atoms with Gasteiger partial charge in [-0.25, -0.2) is 4.98 Å². The molecule has 2 fully saturated rings. The van der Waals surface area contributed by atoms with Crippen LogP contribution in [0.5, 0.6) is 0 Å². The molecule has 2 aromatic heterocycles. The number of rotatable bonds is 14. The van der Waals surface area contributed by atoms with Crippen LogP contribution in [0.15, 0.2) is 6.33 Å². The second-order valence-electron chi connectivity index (χ2n) is 11.4. The molecule has 10 heteroatoms. The van der Waals surface area contributed by atoms with Gasteiger partial charge in [0.25, 0.3) is 0 Å². The number of nitrogens with one attached hydrogen (secondary N) is 1. The normalized spacial score (nSPS) is 18.0. The molecule has 0 radical (unpaired) electrons.